The van der Waals surface area contributed by atoms with Crippen LogP contribution in [0.1, 0.15) is 17.0 Å². The van der Waals surface area contributed by atoms with Crippen molar-refractivity contribution in [2.75, 3.05) is 33.3 Å². The fourth-order valence-corrected chi connectivity index (χ4v) is 4.36. The number of amides is 1. The zero-order valence-electron chi connectivity index (χ0n) is 18.9. The lowest BCUT2D eigenvalue weighted by Gasteiger charge is -2.34. The van der Waals surface area contributed by atoms with Crippen molar-refractivity contribution in [1.82, 2.24) is 24.2 Å². The van der Waals surface area contributed by atoms with Crippen LogP contribution >= 0.6 is 0 Å². The number of piperazine rings is 1. The van der Waals surface area contributed by atoms with Gasteiger partial charge >= 0.3 is 0 Å². The summed E-state index contributed by atoms with van der Waals surface area (Å²) in [5, 5.41) is 1.02. The highest BCUT2D eigenvalue weighted by atomic mass is 16.5. The number of aryl methyl sites for hydroxylation is 1. The second kappa shape index (κ2) is 9.03. The van der Waals surface area contributed by atoms with Crippen LogP contribution in [0.15, 0.2) is 60.8 Å². The van der Waals surface area contributed by atoms with Crippen LogP contribution in [-0.4, -0.2) is 63.4 Å². The molecule has 0 atom stereocenters. The van der Waals surface area contributed by atoms with E-state index < -0.39 is 0 Å². The molecule has 168 valence electrons. The van der Waals surface area contributed by atoms with E-state index in [0.29, 0.717) is 19.0 Å². The Bertz CT molecular complexity index is 1340. The molecule has 0 N–H and O–H groups in total. The number of ether oxygens (including phenoxy) is 1. The Morgan fingerprint density at radius 2 is 1.85 bits per heavy atom. The first-order chi connectivity index (χ1) is 16.1. The highest BCUT2D eigenvalue weighted by Crippen LogP contribution is 2.23. The number of hydrogen-bond acceptors (Lipinski definition) is 5. The number of pyridine rings is 2. The summed E-state index contributed by atoms with van der Waals surface area (Å²) in [6.07, 6.45) is 5.48. The molecule has 1 aromatic carbocycles. The Morgan fingerprint density at radius 3 is 2.67 bits per heavy atom. The van der Waals surface area contributed by atoms with Crippen LogP contribution in [0, 0.1) is 6.92 Å². The molecule has 0 bridgehead atoms. The summed E-state index contributed by atoms with van der Waals surface area (Å²) >= 11 is 0. The van der Waals surface area contributed by atoms with Crippen LogP contribution in [0.4, 0.5) is 0 Å². The maximum Gasteiger partial charge on any atom is 0.246 e. The van der Waals surface area contributed by atoms with Gasteiger partial charge in [0, 0.05) is 55.9 Å². The molecule has 0 saturated carbocycles. The highest BCUT2D eigenvalue weighted by molar-refractivity contribution is 5.93. The SMILES string of the molecule is COc1nc2ccccc2cc1C=CC(=O)N1CCN(Cc2c(C)nc3ccccn23)CC1. The molecule has 7 heteroatoms. The summed E-state index contributed by atoms with van der Waals surface area (Å²) in [6, 6.07) is 15.9. The number of methoxy groups -OCH3 is 1. The Labute approximate surface area is 192 Å². The molecule has 1 saturated heterocycles. The third kappa shape index (κ3) is 4.32. The van der Waals surface area contributed by atoms with E-state index in [4.69, 9.17) is 4.74 Å². The van der Waals surface area contributed by atoms with Crippen LogP contribution in [-0.2, 0) is 11.3 Å². The summed E-state index contributed by atoms with van der Waals surface area (Å²) in [5.41, 5.74) is 4.91. The maximum atomic E-state index is 12.8. The molecule has 0 radical (unpaired) electrons. The molecule has 33 heavy (non-hydrogen) atoms. The third-order valence-electron chi connectivity index (χ3n) is 6.20. The van der Waals surface area contributed by atoms with Crippen LogP contribution < -0.4 is 4.74 Å². The van der Waals surface area contributed by atoms with Crippen molar-refractivity contribution in [2.45, 2.75) is 13.5 Å². The van der Waals surface area contributed by atoms with Crippen molar-refractivity contribution < 1.29 is 9.53 Å². The number of hydrogen-bond donors (Lipinski definition) is 0. The molecule has 1 aliphatic rings. The van der Waals surface area contributed by atoms with Gasteiger partial charge in [-0.3, -0.25) is 9.69 Å². The van der Waals surface area contributed by atoms with Gasteiger partial charge in [-0.25, -0.2) is 9.97 Å². The number of fused-ring (bicyclic) bond motifs is 2. The minimum atomic E-state index is 0.0100. The van der Waals surface area contributed by atoms with Gasteiger partial charge in [0.1, 0.15) is 5.65 Å². The second-order valence-corrected chi connectivity index (χ2v) is 8.29. The predicted octanol–water partition coefficient (Wildman–Crippen LogP) is 3.56. The van der Waals surface area contributed by atoms with Crippen molar-refractivity contribution in [3.05, 3.63) is 77.8 Å². The quantitative estimate of drug-likeness (QED) is 0.443. The summed E-state index contributed by atoms with van der Waals surface area (Å²) in [6.45, 7) is 5.95. The second-order valence-electron chi connectivity index (χ2n) is 8.29. The number of rotatable bonds is 5. The average molecular weight is 442 g/mol. The van der Waals surface area contributed by atoms with E-state index in [0.717, 1.165) is 47.4 Å². The number of para-hydroxylation sites is 1. The van der Waals surface area contributed by atoms with E-state index in [9.17, 15) is 4.79 Å². The number of aromatic nitrogens is 3. The Hall–Kier alpha value is -3.71. The molecule has 4 aromatic rings. The zero-order chi connectivity index (χ0) is 22.8. The number of imidazole rings is 1. The molecule has 4 heterocycles. The lowest BCUT2D eigenvalue weighted by Crippen LogP contribution is -2.48. The Kier molecular flexibility index (Phi) is 5.79. The van der Waals surface area contributed by atoms with Crippen LogP contribution in [0.25, 0.3) is 22.6 Å². The van der Waals surface area contributed by atoms with E-state index in [1.54, 1.807) is 19.3 Å². The monoisotopic (exact) mass is 441 g/mol. The van der Waals surface area contributed by atoms with Crippen LogP contribution in [0.2, 0.25) is 0 Å². The minimum Gasteiger partial charge on any atom is -0.481 e. The summed E-state index contributed by atoms with van der Waals surface area (Å²) in [7, 11) is 1.60. The first-order valence-corrected chi connectivity index (χ1v) is 11.2. The summed E-state index contributed by atoms with van der Waals surface area (Å²) in [5.74, 6) is 0.529. The molecular formula is C26H27N5O2. The number of benzene rings is 1. The molecule has 3 aromatic heterocycles. The number of nitrogens with zero attached hydrogens (tertiary/aromatic N) is 5. The minimum absolute atomic E-state index is 0.0100. The molecule has 1 amide bonds. The molecule has 5 rings (SSSR count). The first-order valence-electron chi connectivity index (χ1n) is 11.2. The Balaban J connectivity index is 1.23. The topological polar surface area (TPSA) is 63.0 Å². The predicted molar refractivity (Wildman–Crippen MR) is 129 cm³/mol. The van der Waals surface area contributed by atoms with Crippen molar-refractivity contribution in [3.63, 3.8) is 0 Å². The number of carbonyl (C=O) groups is 1. The highest BCUT2D eigenvalue weighted by Gasteiger charge is 2.21. The van der Waals surface area contributed by atoms with E-state index in [-0.39, 0.29) is 5.91 Å². The van der Waals surface area contributed by atoms with Gasteiger partial charge in [0.25, 0.3) is 0 Å². The molecule has 1 aliphatic heterocycles. The molecule has 0 aliphatic carbocycles. The van der Waals surface area contributed by atoms with Gasteiger partial charge < -0.3 is 14.0 Å². The summed E-state index contributed by atoms with van der Waals surface area (Å²) in [4.78, 5) is 26.3. The smallest absolute Gasteiger partial charge is 0.246 e. The normalized spacial score (nSPS) is 15.0. The van der Waals surface area contributed by atoms with Crippen molar-refractivity contribution >= 4 is 28.5 Å². The molecule has 0 spiro atoms. The standard InChI is InChI=1S/C26H27N5O2/c1-19-23(31-12-6-5-9-24(31)27-19)18-29-13-15-30(16-14-29)25(32)11-10-21-17-20-7-3-4-8-22(20)28-26(21)33-2/h3-12,17H,13-16,18H2,1-2H3. The third-order valence-corrected chi connectivity index (χ3v) is 6.20. The first kappa shape index (κ1) is 21.2. The van der Waals surface area contributed by atoms with Crippen molar-refractivity contribution in [3.8, 4) is 5.88 Å². The molecule has 0 unspecified atom stereocenters. The average Bonchev–Trinajstić information content (AvgIpc) is 3.17. The van der Waals surface area contributed by atoms with Crippen molar-refractivity contribution in [1.29, 1.82) is 0 Å². The van der Waals surface area contributed by atoms with Crippen LogP contribution in [0.5, 0.6) is 5.88 Å². The fraction of sp³-hybridized carbons (Fsp3) is 0.269. The zero-order valence-corrected chi connectivity index (χ0v) is 18.9. The lowest BCUT2D eigenvalue weighted by atomic mass is 10.1. The van der Waals surface area contributed by atoms with Crippen molar-refractivity contribution in [2.24, 2.45) is 0 Å². The molecule has 1 fully saturated rings. The largest absolute Gasteiger partial charge is 0.481 e. The van der Waals surface area contributed by atoms with Gasteiger partial charge in [0.2, 0.25) is 11.8 Å². The van der Waals surface area contributed by atoms with E-state index in [1.165, 1.54) is 5.69 Å². The molecule has 7 nitrogen and oxygen atoms in total. The van der Waals surface area contributed by atoms with Gasteiger partial charge in [0.15, 0.2) is 0 Å². The van der Waals surface area contributed by atoms with Crippen LogP contribution in [0.3, 0.4) is 0 Å². The van der Waals surface area contributed by atoms with E-state index >= 15 is 0 Å². The fourth-order valence-electron chi connectivity index (χ4n) is 4.36. The van der Waals surface area contributed by atoms with E-state index in [1.807, 2.05) is 53.4 Å². The number of carbonyl (C=O) groups excluding carboxylic acids is 1. The van der Waals surface area contributed by atoms with Gasteiger partial charge in [-0.1, -0.05) is 24.3 Å². The van der Waals surface area contributed by atoms with Gasteiger partial charge in [-0.15, -0.1) is 0 Å². The summed E-state index contributed by atoms with van der Waals surface area (Å²) < 4.78 is 7.59. The van der Waals surface area contributed by atoms with Gasteiger partial charge in [0.05, 0.1) is 24.0 Å². The van der Waals surface area contributed by atoms with E-state index in [2.05, 4.69) is 32.4 Å². The van der Waals surface area contributed by atoms with Gasteiger partial charge in [-0.2, -0.15) is 0 Å². The lowest BCUT2D eigenvalue weighted by molar-refractivity contribution is -0.127. The molecular weight excluding hydrogens is 414 g/mol. The van der Waals surface area contributed by atoms with Gasteiger partial charge in [-0.05, 0) is 37.3 Å². The maximum absolute atomic E-state index is 12.8. The Morgan fingerprint density at radius 1 is 1.06 bits per heavy atom.